The fourth-order valence-electron chi connectivity index (χ4n) is 1.30. The van der Waals surface area contributed by atoms with Crippen molar-refractivity contribution in [2.24, 2.45) is 0 Å². The number of anilines is 1. The summed E-state index contributed by atoms with van der Waals surface area (Å²) in [5.74, 6) is 0.880. The van der Waals surface area contributed by atoms with Gasteiger partial charge in [-0.2, -0.15) is 11.8 Å². The van der Waals surface area contributed by atoms with Gasteiger partial charge in [-0.15, -0.1) is 0 Å². The van der Waals surface area contributed by atoms with Crippen molar-refractivity contribution in [3.05, 3.63) is 24.3 Å². The Morgan fingerprint density at radius 2 is 2.31 bits per heavy atom. The van der Waals surface area contributed by atoms with Crippen molar-refractivity contribution < 1.29 is 4.79 Å². The zero-order valence-corrected chi connectivity index (χ0v) is 10.5. The van der Waals surface area contributed by atoms with Gasteiger partial charge in [-0.05, 0) is 18.4 Å². The Kier molecular flexibility index (Phi) is 3.79. The number of benzene rings is 1. The Morgan fingerprint density at radius 1 is 1.50 bits per heavy atom. The van der Waals surface area contributed by atoms with Crippen molar-refractivity contribution in [3.63, 3.8) is 0 Å². The quantitative estimate of drug-likeness (QED) is 0.909. The highest BCUT2D eigenvalue weighted by Gasteiger charge is 2.06. The van der Waals surface area contributed by atoms with Gasteiger partial charge in [0.1, 0.15) is 0 Å². The molecule has 1 amide bonds. The van der Waals surface area contributed by atoms with E-state index in [2.05, 4.69) is 10.3 Å². The molecule has 0 saturated carbocycles. The Hall–Kier alpha value is -1.07. The molecule has 0 fully saturated rings. The van der Waals surface area contributed by atoms with Crippen LogP contribution in [0.15, 0.2) is 24.3 Å². The van der Waals surface area contributed by atoms with E-state index in [1.165, 1.54) is 11.3 Å². The van der Waals surface area contributed by atoms with Crippen LogP contribution in [0, 0.1) is 0 Å². The highest BCUT2D eigenvalue weighted by Crippen LogP contribution is 2.25. The van der Waals surface area contributed by atoms with Crippen LogP contribution in [-0.4, -0.2) is 22.9 Å². The zero-order valence-electron chi connectivity index (χ0n) is 8.90. The lowest BCUT2D eigenvalue weighted by molar-refractivity contribution is -0.115. The van der Waals surface area contributed by atoms with Crippen LogP contribution in [0.2, 0.25) is 0 Å². The summed E-state index contributed by atoms with van der Waals surface area (Å²) in [4.78, 5) is 15.8. The van der Waals surface area contributed by atoms with Gasteiger partial charge >= 0.3 is 0 Å². The predicted molar refractivity (Wildman–Crippen MR) is 71.2 cm³/mol. The van der Waals surface area contributed by atoms with Crippen molar-refractivity contribution in [1.29, 1.82) is 0 Å². The van der Waals surface area contributed by atoms with Gasteiger partial charge in [0.15, 0.2) is 5.13 Å². The maximum Gasteiger partial charge on any atom is 0.226 e. The summed E-state index contributed by atoms with van der Waals surface area (Å²) < 4.78 is 1.10. The lowest BCUT2D eigenvalue weighted by Gasteiger charge is -1.98. The molecule has 0 aliphatic heterocycles. The molecular formula is C11H12N2OS2. The SMILES string of the molecule is CSCCC(=O)Nc1nc2ccccc2s1. The molecule has 84 valence electrons. The van der Waals surface area contributed by atoms with Gasteiger partial charge in [0, 0.05) is 12.2 Å². The molecule has 1 aromatic carbocycles. The highest BCUT2D eigenvalue weighted by atomic mass is 32.2. The molecule has 2 aromatic rings. The summed E-state index contributed by atoms with van der Waals surface area (Å²) in [6.45, 7) is 0. The maximum atomic E-state index is 11.5. The summed E-state index contributed by atoms with van der Waals surface area (Å²) >= 11 is 3.18. The Bertz CT molecular complexity index is 462. The van der Waals surface area contributed by atoms with Crippen LogP contribution in [0.1, 0.15) is 6.42 Å². The Morgan fingerprint density at radius 3 is 3.06 bits per heavy atom. The lowest BCUT2D eigenvalue weighted by atomic mass is 10.3. The molecule has 0 unspecified atom stereocenters. The fourth-order valence-corrected chi connectivity index (χ4v) is 2.57. The van der Waals surface area contributed by atoms with E-state index >= 15 is 0 Å². The third kappa shape index (κ3) is 2.74. The normalized spacial score (nSPS) is 10.6. The van der Waals surface area contributed by atoms with Crippen molar-refractivity contribution in [1.82, 2.24) is 4.98 Å². The molecule has 0 spiro atoms. The predicted octanol–water partition coefficient (Wildman–Crippen LogP) is 2.99. The molecule has 1 aromatic heterocycles. The number of carbonyl (C=O) groups excluding carboxylic acids is 1. The minimum absolute atomic E-state index is 0.0356. The zero-order chi connectivity index (χ0) is 11.4. The first kappa shape index (κ1) is 11.4. The average molecular weight is 252 g/mol. The van der Waals surface area contributed by atoms with Crippen LogP contribution >= 0.6 is 23.1 Å². The molecule has 0 aliphatic carbocycles. The topological polar surface area (TPSA) is 42.0 Å². The van der Waals surface area contributed by atoms with E-state index in [0.29, 0.717) is 11.6 Å². The van der Waals surface area contributed by atoms with E-state index < -0.39 is 0 Å². The van der Waals surface area contributed by atoms with Crippen LogP contribution in [0.5, 0.6) is 0 Å². The second-order valence-electron chi connectivity index (χ2n) is 3.28. The summed E-state index contributed by atoms with van der Waals surface area (Å²) in [6, 6.07) is 7.87. The number of nitrogens with zero attached hydrogens (tertiary/aromatic N) is 1. The van der Waals surface area contributed by atoms with Gasteiger partial charge < -0.3 is 5.32 Å². The number of thioether (sulfide) groups is 1. The van der Waals surface area contributed by atoms with Gasteiger partial charge in [-0.25, -0.2) is 4.98 Å². The monoisotopic (exact) mass is 252 g/mol. The fraction of sp³-hybridized carbons (Fsp3) is 0.273. The Balaban J connectivity index is 2.07. The first-order chi connectivity index (χ1) is 7.79. The van der Waals surface area contributed by atoms with Crippen molar-refractivity contribution >= 4 is 44.4 Å². The van der Waals surface area contributed by atoms with Crippen molar-refractivity contribution in [2.45, 2.75) is 6.42 Å². The van der Waals surface area contributed by atoms with Crippen LogP contribution in [0.4, 0.5) is 5.13 Å². The van der Waals surface area contributed by atoms with E-state index in [4.69, 9.17) is 0 Å². The second kappa shape index (κ2) is 5.32. The first-order valence-electron chi connectivity index (χ1n) is 4.94. The molecule has 0 bridgehead atoms. The molecule has 5 heteroatoms. The first-order valence-corrected chi connectivity index (χ1v) is 7.15. The van der Waals surface area contributed by atoms with E-state index in [9.17, 15) is 4.79 Å². The number of hydrogen-bond acceptors (Lipinski definition) is 4. The van der Waals surface area contributed by atoms with E-state index in [1.54, 1.807) is 11.8 Å². The summed E-state index contributed by atoms with van der Waals surface area (Å²) in [7, 11) is 0. The lowest BCUT2D eigenvalue weighted by Crippen LogP contribution is -2.11. The molecule has 2 rings (SSSR count). The van der Waals surface area contributed by atoms with Gasteiger partial charge in [-0.3, -0.25) is 4.79 Å². The van der Waals surface area contributed by atoms with Gasteiger partial charge in [0.25, 0.3) is 0 Å². The van der Waals surface area contributed by atoms with Gasteiger partial charge in [-0.1, -0.05) is 23.5 Å². The molecule has 1 heterocycles. The number of amides is 1. The summed E-state index contributed by atoms with van der Waals surface area (Å²) in [5, 5.41) is 3.51. The number of nitrogens with one attached hydrogen (secondary N) is 1. The third-order valence-electron chi connectivity index (χ3n) is 2.07. The van der Waals surface area contributed by atoms with Crippen molar-refractivity contribution in [3.8, 4) is 0 Å². The summed E-state index contributed by atoms with van der Waals surface area (Å²) in [5.41, 5.74) is 0.938. The van der Waals surface area contributed by atoms with Crippen LogP contribution in [0.25, 0.3) is 10.2 Å². The van der Waals surface area contributed by atoms with Gasteiger partial charge in [0.05, 0.1) is 10.2 Å². The maximum absolute atomic E-state index is 11.5. The van der Waals surface area contributed by atoms with Crippen LogP contribution in [0.3, 0.4) is 0 Å². The number of thiazole rings is 1. The molecule has 1 N–H and O–H groups in total. The largest absolute Gasteiger partial charge is 0.302 e. The molecular weight excluding hydrogens is 240 g/mol. The molecule has 16 heavy (non-hydrogen) atoms. The van der Waals surface area contributed by atoms with Crippen LogP contribution < -0.4 is 5.32 Å². The number of rotatable bonds is 4. The molecule has 3 nitrogen and oxygen atoms in total. The molecule has 0 atom stereocenters. The number of carbonyl (C=O) groups is 1. The standard InChI is InChI=1S/C11H12N2OS2/c1-15-7-6-10(14)13-11-12-8-4-2-3-5-9(8)16-11/h2-5H,6-7H2,1H3,(H,12,13,14). The van der Waals surface area contributed by atoms with Crippen molar-refractivity contribution in [2.75, 3.05) is 17.3 Å². The molecule has 0 saturated heterocycles. The minimum atomic E-state index is 0.0356. The molecule has 0 aliphatic rings. The number of hydrogen-bond donors (Lipinski definition) is 1. The second-order valence-corrected chi connectivity index (χ2v) is 5.29. The highest BCUT2D eigenvalue weighted by molar-refractivity contribution is 7.98. The molecule has 0 radical (unpaired) electrons. The number of para-hydroxylation sites is 1. The summed E-state index contributed by atoms with van der Waals surface area (Å²) in [6.07, 6.45) is 2.53. The number of aromatic nitrogens is 1. The number of fused-ring (bicyclic) bond motifs is 1. The third-order valence-corrected chi connectivity index (χ3v) is 3.64. The van der Waals surface area contributed by atoms with Gasteiger partial charge in [0.2, 0.25) is 5.91 Å². The average Bonchev–Trinajstić information content (AvgIpc) is 2.68. The van der Waals surface area contributed by atoms with E-state index in [0.717, 1.165) is 16.0 Å². The Labute approximate surface area is 102 Å². The smallest absolute Gasteiger partial charge is 0.226 e. The van der Waals surface area contributed by atoms with E-state index in [1.807, 2.05) is 30.5 Å². The minimum Gasteiger partial charge on any atom is -0.302 e. The van der Waals surface area contributed by atoms with E-state index in [-0.39, 0.29) is 5.91 Å². The van der Waals surface area contributed by atoms with Crippen LogP contribution in [-0.2, 0) is 4.79 Å².